The van der Waals surface area contributed by atoms with E-state index >= 15 is 0 Å². The van der Waals surface area contributed by atoms with Crippen LogP contribution in [0.5, 0.6) is 0 Å². The van der Waals surface area contributed by atoms with Crippen LogP contribution in [-0.2, 0) is 19.4 Å². The van der Waals surface area contributed by atoms with Crippen LogP contribution < -0.4 is 0 Å². The summed E-state index contributed by atoms with van der Waals surface area (Å²) in [5.74, 6) is -1.80. The number of carbonyl (C=O) groups excluding carboxylic acids is 1. The van der Waals surface area contributed by atoms with Crippen molar-refractivity contribution < 1.29 is 23.1 Å². The fourth-order valence-corrected chi connectivity index (χ4v) is 4.02. The Bertz CT molecular complexity index is 373. The molecule has 94 valence electrons. The van der Waals surface area contributed by atoms with Gasteiger partial charge >= 0.3 is 5.97 Å². The Balaban J connectivity index is 3.01. The number of hydrogen-bond donors (Lipinski definition) is 1. The quantitative estimate of drug-likeness (QED) is 0.712. The lowest BCUT2D eigenvalue weighted by Crippen LogP contribution is -2.51. The fraction of sp³-hybridized carbons (Fsp3) is 0.900. The number of aliphatic hydroxyl groups is 1. The molecule has 2 unspecified atom stereocenters. The van der Waals surface area contributed by atoms with Crippen LogP contribution in [0.3, 0.4) is 0 Å². The maximum absolute atomic E-state index is 11.6. The summed E-state index contributed by atoms with van der Waals surface area (Å²) in [6, 6.07) is 0. The van der Waals surface area contributed by atoms with Crippen molar-refractivity contribution in [3.8, 4) is 0 Å². The summed E-state index contributed by atoms with van der Waals surface area (Å²) in [6.45, 7) is 3.36. The van der Waals surface area contributed by atoms with Crippen LogP contribution >= 0.6 is 0 Å². The highest BCUT2D eigenvalue weighted by Crippen LogP contribution is 2.35. The second-order valence-electron chi connectivity index (χ2n) is 4.57. The molecule has 1 N–H and O–H groups in total. The highest BCUT2D eigenvalue weighted by molar-refractivity contribution is 7.91. The van der Waals surface area contributed by atoms with Crippen molar-refractivity contribution in [2.45, 2.75) is 25.9 Å². The van der Waals surface area contributed by atoms with Gasteiger partial charge in [-0.3, -0.25) is 0 Å². The maximum atomic E-state index is 11.6. The lowest BCUT2D eigenvalue weighted by Gasteiger charge is -2.33. The number of ether oxygens (including phenoxy) is 1. The minimum atomic E-state index is -3.12. The molecule has 0 aliphatic carbocycles. The number of esters is 1. The number of carbonyl (C=O) groups is 1. The van der Waals surface area contributed by atoms with Gasteiger partial charge in [-0.05, 0) is 12.3 Å². The van der Waals surface area contributed by atoms with Crippen LogP contribution in [0.25, 0.3) is 0 Å². The van der Waals surface area contributed by atoms with E-state index in [-0.39, 0.29) is 17.4 Å². The molecule has 6 heteroatoms. The molecule has 0 saturated carbocycles. The standard InChI is InChI=1S/C10H18O5S/c1-7(2)10(12,9(11)15-3)8-4-5-16(13,14)6-8/h7-8,12H,4-6H2,1-3H3. The first-order chi connectivity index (χ1) is 7.24. The molecule has 1 aliphatic rings. The van der Waals surface area contributed by atoms with E-state index in [9.17, 15) is 18.3 Å². The maximum Gasteiger partial charge on any atom is 0.338 e. The van der Waals surface area contributed by atoms with Crippen molar-refractivity contribution in [2.75, 3.05) is 18.6 Å². The van der Waals surface area contributed by atoms with Crippen LogP contribution in [0.4, 0.5) is 0 Å². The van der Waals surface area contributed by atoms with Crippen LogP contribution in [0.15, 0.2) is 0 Å². The Labute approximate surface area is 95.7 Å². The number of methoxy groups -OCH3 is 1. The van der Waals surface area contributed by atoms with Crippen LogP contribution in [0.1, 0.15) is 20.3 Å². The largest absolute Gasteiger partial charge is 0.467 e. The molecular formula is C10H18O5S. The molecule has 0 radical (unpaired) electrons. The first-order valence-electron chi connectivity index (χ1n) is 5.25. The summed E-state index contributed by atoms with van der Waals surface area (Å²) in [7, 11) is -1.93. The van der Waals surface area contributed by atoms with E-state index in [1.165, 1.54) is 7.11 Å². The van der Waals surface area contributed by atoms with Crippen molar-refractivity contribution in [1.82, 2.24) is 0 Å². The zero-order chi connectivity index (χ0) is 12.6. The molecular weight excluding hydrogens is 232 g/mol. The second-order valence-corrected chi connectivity index (χ2v) is 6.80. The molecule has 0 aromatic carbocycles. The number of sulfone groups is 1. The summed E-state index contributed by atoms with van der Waals surface area (Å²) in [5.41, 5.74) is -1.70. The average molecular weight is 250 g/mol. The molecule has 2 atom stereocenters. The minimum absolute atomic E-state index is 0.0314. The van der Waals surface area contributed by atoms with Gasteiger partial charge in [-0.2, -0.15) is 0 Å². The Morgan fingerprint density at radius 1 is 1.50 bits per heavy atom. The smallest absolute Gasteiger partial charge is 0.338 e. The van der Waals surface area contributed by atoms with Gasteiger partial charge in [0.25, 0.3) is 0 Å². The Morgan fingerprint density at radius 3 is 2.38 bits per heavy atom. The first kappa shape index (κ1) is 13.4. The van der Waals surface area contributed by atoms with Gasteiger partial charge in [-0.1, -0.05) is 13.8 Å². The molecule has 0 bridgehead atoms. The Morgan fingerprint density at radius 2 is 2.06 bits per heavy atom. The Hall–Kier alpha value is -0.620. The summed E-state index contributed by atoms with van der Waals surface area (Å²) in [4.78, 5) is 11.6. The molecule has 1 saturated heterocycles. The molecule has 0 aromatic heterocycles. The molecule has 0 amide bonds. The molecule has 1 heterocycles. The molecule has 1 rings (SSSR count). The van der Waals surface area contributed by atoms with Crippen molar-refractivity contribution in [1.29, 1.82) is 0 Å². The van der Waals surface area contributed by atoms with Crippen molar-refractivity contribution in [3.63, 3.8) is 0 Å². The van der Waals surface area contributed by atoms with E-state index < -0.39 is 27.3 Å². The van der Waals surface area contributed by atoms with Gasteiger partial charge in [-0.25, -0.2) is 13.2 Å². The molecule has 1 aliphatic heterocycles. The second kappa shape index (κ2) is 4.33. The molecule has 5 nitrogen and oxygen atoms in total. The molecule has 0 aromatic rings. The van der Waals surface area contributed by atoms with Crippen LogP contribution in [0, 0.1) is 11.8 Å². The third-order valence-electron chi connectivity index (χ3n) is 3.25. The van der Waals surface area contributed by atoms with Gasteiger partial charge in [0, 0.05) is 5.92 Å². The van der Waals surface area contributed by atoms with Gasteiger partial charge in [0.15, 0.2) is 15.4 Å². The summed E-state index contributed by atoms with van der Waals surface area (Å²) < 4.78 is 27.3. The highest BCUT2D eigenvalue weighted by Gasteiger charge is 2.51. The number of rotatable bonds is 3. The van der Waals surface area contributed by atoms with E-state index in [0.717, 1.165) is 0 Å². The van der Waals surface area contributed by atoms with Gasteiger partial charge in [0.1, 0.15) is 0 Å². The topological polar surface area (TPSA) is 80.7 Å². The highest BCUT2D eigenvalue weighted by atomic mass is 32.2. The summed E-state index contributed by atoms with van der Waals surface area (Å²) in [5, 5.41) is 10.4. The van der Waals surface area contributed by atoms with E-state index in [1.54, 1.807) is 13.8 Å². The molecule has 1 fully saturated rings. The van der Waals surface area contributed by atoms with Crippen molar-refractivity contribution in [3.05, 3.63) is 0 Å². The van der Waals surface area contributed by atoms with Gasteiger partial charge in [0.2, 0.25) is 0 Å². The minimum Gasteiger partial charge on any atom is -0.467 e. The van der Waals surface area contributed by atoms with Gasteiger partial charge in [-0.15, -0.1) is 0 Å². The van der Waals surface area contributed by atoms with E-state index in [1.807, 2.05) is 0 Å². The predicted octanol–water partition coefficient (Wildman–Crippen LogP) is -0.0188. The average Bonchev–Trinajstić information content (AvgIpc) is 2.56. The van der Waals surface area contributed by atoms with Crippen LogP contribution in [-0.4, -0.2) is 43.7 Å². The zero-order valence-corrected chi connectivity index (χ0v) is 10.6. The first-order valence-corrected chi connectivity index (χ1v) is 7.07. The predicted molar refractivity (Wildman–Crippen MR) is 58.6 cm³/mol. The lowest BCUT2D eigenvalue weighted by molar-refractivity contribution is -0.174. The van der Waals surface area contributed by atoms with Gasteiger partial charge in [0.05, 0.1) is 18.6 Å². The third kappa shape index (κ3) is 2.22. The summed E-state index contributed by atoms with van der Waals surface area (Å²) in [6.07, 6.45) is 0.312. The van der Waals surface area contributed by atoms with Gasteiger partial charge < -0.3 is 9.84 Å². The normalized spacial score (nSPS) is 27.7. The fourth-order valence-electron chi connectivity index (χ4n) is 2.18. The van der Waals surface area contributed by atoms with Crippen molar-refractivity contribution >= 4 is 15.8 Å². The SMILES string of the molecule is COC(=O)C(O)(C(C)C)C1CCS(=O)(=O)C1. The van der Waals surface area contributed by atoms with E-state index in [2.05, 4.69) is 4.74 Å². The molecule has 16 heavy (non-hydrogen) atoms. The summed E-state index contributed by atoms with van der Waals surface area (Å²) >= 11 is 0. The molecule has 0 spiro atoms. The van der Waals surface area contributed by atoms with E-state index in [0.29, 0.717) is 6.42 Å². The van der Waals surface area contributed by atoms with Crippen LogP contribution in [0.2, 0.25) is 0 Å². The monoisotopic (exact) mass is 250 g/mol. The number of hydrogen-bond acceptors (Lipinski definition) is 5. The Kier molecular flexibility index (Phi) is 3.64. The van der Waals surface area contributed by atoms with E-state index in [4.69, 9.17) is 0 Å². The van der Waals surface area contributed by atoms with Crippen molar-refractivity contribution in [2.24, 2.45) is 11.8 Å². The third-order valence-corrected chi connectivity index (χ3v) is 5.02. The zero-order valence-electron chi connectivity index (χ0n) is 9.76. The lowest BCUT2D eigenvalue weighted by atomic mass is 9.78.